The van der Waals surface area contributed by atoms with Crippen LogP contribution in [0.2, 0.25) is 0 Å². The first-order chi connectivity index (χ1) is 11.5. The van der Waals surface area contributed by atoms with Crippen LogP contribution in [0.25, 0.3) is 0 Å². The van der Waals surface area contributed by atoms with E-state index in [2.05, 4.69) is 5.32 Å². The SMILES string of the molecule is C[C@@H]1Oc2c(cccc2C(=O)N2CCO[C@H](CC(=O)O)C2)NC1=O. The third kappa shape index (κ3) is 3.18. The Bertz CT molecular complexity index is 689. The van der Waals surface area contributed by atoms with Gasteiger partial charge in [-0.25, -0.2) is 0 Å². The van der Waals surface area contributed by atoms with E-state index in [1.807, 2.05) is 0 Å². The fraction of sp³-hybridized carbons (Fsp3) is 0.438. The van der Waals surface area contributed by atoms with Gasteiger partial charge in [-0.2, -0.15) is 0 Å². The van der Waals surface area contributed by atoms with Crippen LogP contribution < -0.4 is 10.1 Å². The van der Waals surface area contributed by atoms with Crippen LogP contribution in [0.1, 0.15) is 23.7 Å². The maximum atomic E-state index is 12.8. The molecule has 2 amide bonds. The quantitative estimate of drug-likeness (QED) is 0.844. The lowest BCUT2D eigenvalue weighted by Crippen LogP contribution is -2.46. The highest BCUT2D eigenvalue weighted by atomic mass is 16.5. The molecule has 2 atom stereocenters. The molecule has 24 heavy (non-hydrogen) atoms. The molecule has 1 aromatic carbocycles. The molecular weight excluding hydrogens is 316 g/mol. The molecule has 2 N–H and O–H groups in total. The fourth-order valence-corrected chi connectivity index (χ4v) is 2.79. The number of para-hydroxylation sites is 1. The summed E-state index contributed by atoms with van der Waals surface area (Å²) in [6, 6.07) is 4.97. The minimum atomic E-state index is -0.966. The minimum Gasteiger partial charge on any atom is -0.481 e. The van der Waals surface area contributed by atoms with Crippen molar-refractivity contribution >= 4 is 23.5 Å². The van der Waals surface area contributed by atoms with Crippen molar-refractivity contribution in [3.63, 3.8) is 0 Å². The van der Waals surface area contributed by atoms with Crippen LogP contribution in [0.3, 0.4) is 0 Å². The third-order valence-corrected chi connectivity index (χ3v) is 4.00. The van der Waals surface area contributed by atoms with Crippen molar-refractivity contribution in [1.82, 2.24) is 4.90 Å². The lowest BCUT2D eigenvalue weighted by molar-refractivity contribution is -0.141. The monoisotopic (exact) mass is 334 g/mol. The number of nitrogens with one attached hydrogen (secondary N) is 1. The topological polar surface area (TPSA) is 105 Å². The molecule has 1 fully saturated rings. The Kier molecular flexibility index (Phi) is 4.39. The summed E-state index contributed by atoms with van der Waals surface area (Å²) in [7, 11) is 0. The number of amides is 2. The molecule has 3 rings (SSSR count). The standard InChI is InChI=1S/C16H18N2O6/c1-9-15(21)17-12-4-2-3-11(14(12)24-9)16(22)18-5-6-23-10(8-18)7-13(19)20/h2-4,9-10H,5-8H2,1H3,(H,17,21)(H,19,20)/t9-,10+/m0/s1. The summed E-state index contributed by atoms with van der Waals surface area (Å²) in [4.78, 5) is 36.9. The van der Waals surface area contributed by atoms with Crippen molar-refractivity contribution in [1.29, 1.82) is 0 Å². The van der Waals surface area contributed by atoms with Gasteiger partial charge >= 0.3 is 5.97 Å². The summed E-state index contributed by atoms with van der Waals surface area (Å²) in [5, 5.41) is 11.6. The van der Waals surface area contributed by atoms with Gasteiger partial charge in [0.25, 0.3) is 11.8 Å². The zero-order chi connectivity index (χ0) is 17.3. The number of hydrogen-bond acceptors (Lipinski definition) is 5. The first kappa shape index (κ1) is 16.3. The molecule has 2 heterocycles. The molecule has 8 nitrogen and oxygen atoms in total. The summed E-state index contributed by atoms with van der Waals surface area (Å²) in [6.07, 6.45) is -1.37. The number of carboxylic acid groups (broad SMARTS) is 1. The molecule has 0 aliphatic carbocycles. The second-order valence-electron chi connectivity index (χ2n) is 5.77. The molecule has 0 saturated carbocycles. The molecule has 2 aliphatic heterocycles. The van der Waals surface area contributed by atoms with Crippen molar-refractivity contribution in [2.45, 2.75) is 25.6 Å². The average molecular weight is 334 g/mol. The summed E-state index contributed by atoms with van der Waals surface area (Å²) < 4.78 is 11.0. The Labute approximate surface area is 138 Å². The molecule has 1 saturated heterocycles. The number of ether oxygens (including phenoxy) is 2. The molecule has 1 aromatic rings. The first-order valence-corrected chi connectivity index (χ1v) is 7.69. The highest BCUT2D eigenvalue weighted by Crippen LogP contribution is 2.34. The molecule has 0 bridgehead atoms. The number of carbonyl (C=O) groups is 3. The van der Waals surface area contributed by atoms with Gasteiger partial charge in [0, 0.05) is 13.1 Å². The molecule has 0 radical (unpaired) electrons. The van der Waals surface area contributed by atoms with Crippen LogP contribution in [-0.4, -0.2) is 59.7 Å². The van der Waals surface area contributed by atoms with E-state index in [-0.39, 0.29) is 31.4 Å². The summed E-state index contributed by atoms with van der Waals surface area (Å²) in [5.41, 5.74) is 0.801. The highest BCUT2D eigenvalue weighted by molar-refractivity contribution is 6.04. The predicted octanol–water partition coefficient (Wildman–Crippen LogP) is 0.722. The third-order valence-electron chi connectivity index (χ3n) is 4.00. The van der Waals surface area contributed by atoms with Gasteiger partial charge in [-0.05, 0) is 19.1 Å². The normalized spacial score (nSPS) is 23.0. The maximum absolute atomic E-state index is 12.8. The number of morpholine rings is 1. The van der Waals surface area contributed by atoms with Gasteiger partial charge < -0.3 is 24.8 Å². The summed E-state index contributed by atoms with van der Waals surface area (Å²) in [6.45, 7) is 2.47. The fourth-order valence-electron chi connectivity index (χ4n) is 2.79. The zero-order valence-corrected chi connectivity index (χ0v) is 13.2. The second-order valence-corrected chi connectivity index (χ2v) is 5.77. The number of hydrogen-bond donors (Lipinski definition) is 2. The van der Waals surface area contributed by atoms with Crippen molar-refractivity contribution < 1.29 is 29.0 Å². The zero-order valence-electron chi connectivity index (χ0n) is 13.2. The van der Waals surface area contributed by atoms with E-state index in [4.69, 9.17) is 14.6 Å². The molecular formula is C16H18N2O6. The van der Waals surface area contributed by atoms with Crippen LogP contribution in [0.15, 0.2) is 18.2 Å². The second kappa shape index (κ2) is 6.48. The lowest BCUT2D eigenvalue weighted by atomic mass is 10.1. The first-order valence-electron chi connectivity index (χ1n) is 7.69. The molecule has 128 valence electrons. The molecule has 0 spiro atoms. The number of anilines is 1. The van der Waals surface area contributed by atoms with Crippen molar-refractivity contribution in [2.75, 3.05) is 25.0 Å². The number of nitrogens with zero attached hydrogens (tertiary/aromatic N) is 1. The van der Waals surface area contributed by atoms with E-state index in [9.17, 15) is 14.4 Å². The summed E-state index contributed by atoms with van der Waals surface area (Å²) >= 11 is 0. The van der Waals surface area contributed by atoms with Crippen molar-refractivity contribution in [2.24, 2.45) is 0 Å². The Hall–Kier alpha value is -2.61. The highest BCUT2D eigenvalue weighted by Gasteiger charge is 2.32. The van der Waals surface area contributed by atoms with Crippen LogP contribution in [0.4, 0.5) is 5.69 Å². The Morgan fingerprint density at radius 1 is 1.42 bits per heavy atom. The van der Waals surface area contributed by atoms with Gasteiger partial charge in [-0.1, -0.05) is 6.07 Å². The van der Waals surface area contributed by atoms with E-state index in [0.717, 1.165) is 0 Å². The van der Waals surface area contributed by atoms with Gasteiger partial charge in [0.1, 0.15) is 0 Å². The number of carboxylic acids is 1. The lowest BCUT2D eigenvalue weighted by Gasteiger charge is -2.33. The number of benzene rings is 1. The minimum absolute atomic E-state index is 0.153. The Morgan fingerprint density at radius 3 is 2.96 bits per heavy atom. The maximum Gasteiger partial charge on any atom is 0.306 e. The van der Waals surface area contributed by atoms with Gasteiger partial charge in [-0.15, -0.1) is 0 Å². The van der Waals surface area contributed by atoms with E-state index in [1.54, 1.807) is 30.0 Å². The number of carbonyl (C=O) groups excluding carboxylic acids is 2. The predicted molar refractivity (Wildman–Crippen MR) is 83.1 cm³/mol. The van der Waals surface area contributed by atoms with Gasteiger partial charge in [-0.3, -0.25) is 14.4 Å². The molecule has 8 heteroatoms. The average Bonchev–Trinajstić information content (AvgIpc) is 2.54. The number of rotatable bonds is 3. The van der Waals surface area contributed by atoms with Crippen molar-refractivity contribution in [3.05, 3.63) is 23.8 Å². The molecule has 0 aromatic heterocycles. The van der Waals surface area contributed by atoms with E-state index in [1.165, 1.54) is 0 Å². The number of fused-ring (bicyclic) bond motifs is 1. The van der Waals surface area contributed by atoms with Gasteiger partial charge in [0.05, 0.1) is 30.4 Å². The van der Waals surface area contributed by atoms with Crippen LogP contribution >= 0.6 is 0 Å². The number of aliphatic carboxylic acids is 1. The largest absolute Gasteiger partial charge is 0.481 e. The smallest absolute Gasteiger partial charge is 0.306 e. The van der Waals surface area contributed by atoms with Gasteiger partial charge in [0.2, 0.25) is 0 Å². The molecule has 2 aliphatic rings. The Balaban J connectivity index is 1.82. The van der Waals surface area contributed by atoms with E-state index in [0.29, 0.717) is 23.5 Å². The Morgan fingerprint density at radius 2 is 2.21 bits per heavy atom. The van der Waals surface area contributed by atoms with Crippen LogP contribution in [-0.2, 0) is 14.3 Å². The van der Waals surface area contributed by atoms with Gasteiger partial charge in [0.15, 0.2) is 11.9 Å². The summed E-state index contributed by atoms with van der Waals surface area (Å²) in [5.74, 6) is -1.16. The van der Waals surface area contributed by atoms with Crippen LogP contribution in [0.5, 0.6) is 5.75 Å². The van der Waals surface area contributed by atoms with Crippen LogP contribution in [0, 0.1) is 0 Å². The van der Waals surface area contributed by atoms with E-state index >= 15 is 0 Å². The van der Waals surface area contributed by atoms with Crippen molar-refractivity contribution in [3.8, 4) is 5.75 Å². The van der Waals surface area contributed by atoms with E-state index < -0.39 is 18.2 Å². The molecule has 0 unspecified atom stereocenters.